The molecule has 0 radical (unpaired) electrons. The first kappa shape index (κ1) is 12.4. The molecule has 0 spiro atoms. The van der Waals surface area contributed by atoms with E-state index in [9.17, 15) is 0 Å². The molecule has 0 aliphatic carbocycles. The molecular weight excluding hydrogens is 224 g/mol. The molecule has 2 rings (SSSR count). The van der Waals surface area contributed by atoms with Gasteiger partial charge in [-0.3, -0.25) is 0 Å². The Balaban J connectivity index is 2.35. The fraction of sp³-hybridized carbons (Fsp3) is 0.267. The lowest BCUT2D eigenvalue weighted by Crippen LogP contribution is -2.00. The minimum Gasteiger partial charge on any atom is -0.496 e. The van der Waals surface area contributed by atoms with Crippen LogP contribution < -0.4 is 10.5 Å². The quantitative estimate of drug-likeness (QED) is 0.900. The fourth-order valence-corrected chi connectivity index (χ4v) is 2.07. The van der Waals surface area contributed by atoms with Gasteiger partial charge >= 0.3 is 0 Å². The Kier molecular flexibility index (Phi) is 3.51. The normalized spacial score (nSPS) is 10.4. The van der Waals surface area contributed by atoms with Gasteiger partial charge in [-0.25, -0.2) is 4.98 Å². The van der Waals surface area contributed by atoms with E-state index < -0.39 is 0 Å². The lowest BCUT2D eigenvalue weighted by atomic mass is 9.98. The first-order chi connectivity index (χ1) is 8.61. The molecule has 0 fully saturated rings. The number of ether oxygens (including phenoxy) is 1. The number of aryl methyl sites for hydroxylation is 2. The zero-order valence-electron chi connectivity index (χ0n) is 11.0. The Morgan fingerprint density at radius 1 is 1.17 bits per heavy atom. The maximum atomic E-state index is 5.88. The van der Waals surface area contributed by atoms with Gasteiger partial charge in [0.1, 0.15) is 11.6 Å². The smallest absolute Gasteiger partial charge is 0.126 e. The summed E-state index contributed by atoms with van der Waals surface area (Å²) in [4.78, 5) is 4.11. The number of benzene rings is 1. The average Bonchev–Trinajstić information content (AvgIpc) is 2.36. The number of rotatable bonds is 3. The lowest BCUT2D eigenvalue weighted by molar-refractivity contribution is 0.411. The molecule has 1 aromatic carbocycles. The number of aromatic nitrogens is 1. The van der Waals surface area contributed by atoms with Gasteiger partial charge in [0.05, 0.1) is 7.11 Å². The number of anilines is 1. The van der Waals surface area contributed by atoms with Crippen LogP contribution in [0.25, 0.3) is 0 Å². The van der Waals surface area contributed by atoms with Gasteiger partial charge in [0.15, 0.2) is 0 Å². The van der Waals surface area contributed by atoms with E-state index in [2.05, 4.69) is 24.0 Å². The van der Waals surface area contributed by atoms with E-state index in [0.29, 0.717) is 5.82 Å². The number of methoxy groups -OCH3 is 1. The van der Waals surface area contributed by atoms with Crippen molar-refractivity contribution in [1.82, 2.24) is 4.98 Å². The van der Waals surface area contributed by atoms with Gasteiger partial charge in [0.25, 0.3) is 0 Å². The Morgan fingerprint density at radius 3 is 2.61 bits per heavy atom. The summed E-state index contributed by atoms with van der Waals surface area (Å²) >= 11 is 0. The van der Waals surface area contributed by atoms with Crippen molar-refractivity contribution in [3.8, 4) is 5.75 Å². The van der Waals surface area contributed by atoms with Crippen molar-refractivity contribution in [2.24, 2.45) is 0 Å². The third-order valence-corrected chi connectivity index (χ3v) is 3.16. The van der Waals surface area contributed by atoms with Crippen LogP contribution in [0.5, 0.6) is 5.75 Å². The highest BCUT2D eigenvalue weighted by atomic mass is 16.5. The molecule has 94 valence electrons. The Labute approximate surface area is 108 Å². The van der Waals surface area contributed by atoms with E-state index in [0.717, 1.165) is 23.3 Å². The second-order valence-electron chi connectivity index (χ2n) is 4.47. The highest BCUT2D eigenvalue weighted by molar-refractivity contribution is 5.47. The monoisotopic (exact) mass is 242 g/mol. The van der Waals surface area contributed by atoms with Crippen LogP contribution in [0.4, 0.5) is 5.82 Å². The van der Waals surface area contributed by atoms with Gasteiger partial charge in [-0.2, -0.15) is 0 Å². The summed E-state index contributed by atoms with van der Waals surface area (Å²) in [5.41, 5.74) is 10.5. The molecule has 0 amide bonds. The largest absolute Gasteiger partial charge is 0.496 e. The second-order valence-corrected chi connectivity index (χ2v) is 4.47. The van der Waals surface area contributed by atoms with Gasteiger partial charge in [-0.05, 0) is 48.2 Å². The van der Waals surface area contributed by atoms with Gasteiger partial charge in [0, 0.05) is 12.6 Å². The number of nitrogen functional groups attached to an aromatic ring is 1. The van der Waals surface area contributed by atoms with E-state index in [-0.39, 0.29) is 0 Å². The molecule has 3 heteroatoms. The average molecular weight is 242 g/mol. The van der Waals surface area contributed by atoms with Crippen LogP contribution in [0, 0.1) is 13.8 Å². The van der Waals surface area contributed by atoms with Crippen LogP contribution in [-0.2, 0) is 6.42 Å². The third-order valence-electron chi connectivity index (χ3n) is 3.16. The highest BCUT2D eigenvalue weighted by Gasteiger charge is 2.07. The summed E-state index contributed by atoms with van der Waals surface area (Å²) in [5.74, 6) is 1.53. The number of hydrogen-bond acceptors (Lipinski definition) is 3. The minimum absolute atomic E-state index is 0.602. The first-order valence-electron chi connectivity index (χ1n) is 5.95. The molecular formula is C15H18N2O. The molecule has 1 heterocycles. The zero-order chi connectivity index (χ0) is 13.1. The second kappa shape index (κ2) is 5.08. The Morgan fingerprint density at radius 2 is 1.94 bits per heavy atom. The summed E-state index contributed by atoms with van der Waals surface area (Å²) in [7, 11) is 1.69. The molecule has 2 aromatic rings. The SMILES string of the molecule is COc1cc(C)c(Cc2cccnc2N)cc1C. The maximum absolute atomic E-state index is 5.88. The van der Waals surface area contributed by atoms with Crippen molar-refractivity contribution >= 4 is 5.82 Å². The van der Waals surface area contributed by atoms with Crippen molar-refractivity contribution in [3.63, 3.8) is 0 Å². The van der Waals surface area contributed by atoms with Crippen molar-refractivity contribution in [1.29, 1.82) is 0 Å². The topological polar surface area (TPSA) is 48.1 Å². The predicted octanol–water partition coefficient (Wildman–Crippen LogP) is 2.88. The third kappa shape index (κ3) is 2.45. The van der Waals surface area contributed by atoms with Crippen molar-refractivity contribution in [2.45, 2.75) is 20.3 Å². The molecule has 0 aliphatic rings. The Bertz CT molecular complexity index is 564. The predicted molar refractivity (Wildman–Crippen MR) is 73.9 cm³/mol. The van der Waals surface area contributed by atoms with E-state index in [1.165, 1.54) is 11.1 Å². The summed E-state index contributed by atoms with van der Waals surface area (Å²) in [6.07, 6.45) is 2.52. The van der Waals surface area contributed by atoms with E-state index in [4.69, 9.17) is 10.5 Å². The molecule has 2 N–H and O–H groups in total. The number of pyridine rings is 1. The molecule has 0 saturated heterocycles. The van der Waals surface area contributed by atoms with Crippen LogP contribution in [0.15, 0.2) is 30.5 Å². The van der Waals surface area contributed by atoms with Crippen LogP contribution >= 0.6 is 0 Å². The number of nitrogens with zero attached hydrogens (tertiary/aromatic N) is 1. The van der Waals surface area contributed by atoms with Gasteiger partial charge < -0.3 is 10.5 Å². The van der Waals surface area contributed by atoms with E-state index >= 15 is 0 Å². The first-order valence-corrected chi connectivity index (χ1v) is 5.95. The molecule has 18 heavy (non-hydrogen) atoms. The molecule has 0 atom stereocenters. The lowest BCUT2D eigenvalue weighted by Gasteiger charge is -2.12. The fourth-order valence-electron chi connectivity index (χ4n) is 2.07. The minimum atomic E-state index is 0.602. The van der Waals surface area contributed by atoms with E-state index in [1.54, 1.807) is 13.3 Å². The van der Waals surface area contributed by atoms with Gasteiger partial charge in [-0.15, -0.1) is 0 Å². The molecule has 3 nitrogen and oxygen atoms in total. The summed E-state index contributed by atoms with van der Waals surface area (Å²) in [6.45, 7) is 4.14. The number of hydrogen-bond donors (Lipinski definition) is 1. The summed E-state index contributed by atoms with van der Waals surface area (Å²) in [6, 6.07) is 8.15. The van der Waals surface area contributed by atoms with Crippen molar-refractivity contribution < 1.29 is 4.74 Å². The van der Waals surface area contributed by atoms with Gasteiger partial charge in [0.2, 0.25) is 0 Å². The summed E-state index contributed by atoms with van der Waals surface area (Å²) in [5, 5.41) is 0. The Hall–Kier alpha value is -2.03. The maximum Gasteiger partial charge on any atom is 0.126 e. The summed E-state index contributed by atoms with van der Waals surface area (Å²) < 4.78 is 5.32. The van der Waals surface area contributed by atoms with Gasteiger partial charge in [-0.1, -0.05) is 12.1 Å². The zero-order valence-corrected chi connectivity index (χ0v) is 11.0. The van der Waals surface area contributed by atoms with Crippen LogP contribution in [0.2, 0.25) is 0 Å². The molecule has 0 unspecified atom stereocenters. The number of nitrogens with two attached hydrogens (primary N) is 1. The van der Waals surface area contributed by atoms with Crippen LogP contribution in [-0.4, -0.2) is 12.1 Å². The molecule has 0 bridgehead atoms. The van der Waals surface area contributed by atoms with Crippen molar-refractivity contribution in [2.75, 3.05) is 12.8 Å². The van der Waals surface area contributed by atoms with Crippen LogP contribution in [0.1, 0.15) is 22.3 Å². The molecule has 0 saturated carbocycles. The highest BCUT2D eigenvalue weighted by Crippen LogP contribution is 2.25. The molecule has 1 aromatic heterocycles. The van der Waals surface area contributed by atoms with E-state index in [1.807, 2.05) is 19.1 Å². The van der Waals surface area contributed by atoms with Crippen LogP contribution in [0.3, 0.4) is 0 Å². The van der Waals surface area contributed by atoms with Crippen molar-refractivity contribution in [3.05, 3.63) is 52.7 Å². The molecule has 0 aliphatic heterocycles. The standard InChI is InChI=1S/C15H18N2O/c1-10-8-14(18-3)11(2)7-13(10)9-12-5-4-6-17-15(12)16/h4-8H,9H2,1-3H3,(H2,16,17).